The summed E-state index contributed by atoms with van der Waals surface area (Å²) >= 11 is 4.94. The molecule has 100 valence electrons. The Labute approximate surface area is 123 Å². The molecule has 0 aliphatic heterocycles. The molecule has 0 saturated carbocycles. The number of rotatable bonds is 4. The van der Waals surface area contributed by atoms with Gasteiger partial charge in [-0.15, -0.1) is 11.3 Å². The number of nitrogens with one attached hydrogen (secondary N) is 1. The molecule has 1 aromatic heterocycles. The summed E-state index contributed by atoms with van der Waals surface area (Å²) in [6, 6.07) is 3.30. The lowest BCUT2D eigenvalue weighted by Crippen LogP contribution is -2.01. The molecule has 0 spiro atoms. The fraction of sp³-hybridized carbons (Fsp3) is 0.250. The van der Waals surface area contributed by atoms with E-state index in [0.29, 0.717) is 16.6 Å². The Morgan fingerprint density at radius 2 is 2.21 bits per heavy atom. The van der Waals surface area contributed by atoms with E-state index in [0.717, 1.165) is 16.3 Å². The topological polar surface area (TPSA) is 68.1 Å². The van der Waals surface area contributed by atoms with E-state index >= 15 is 0 Å². The molecule has 2 rings (SSSR count). The molecule has 19 heavy (non-hydrogen) atoms. The number of benzene rings is 1. The standard InChI is InChI=1S/C12H12BrN3O2S/c1-7-3-10(9(13)4-11(7)16(17)18)14-5-12-8(2)15-6-19-12/h3-4,6,14H,5H2,1-2H3. The molecule has 0 aliphatic rings. The highest BCUT2D eigenvalue weighted by Crippen LogP contribution is 2.31. The fourth-order valence-electron chi connectivity index (χ4n) is 1.67. The Hall–Kier alpha value is -1.47. The normalized spacial score (nSPS) is 10.5. The molecule has 0 fully saturated rings. The second kappa shape index (κ2) is 5.66. The molecule has 0 amide bonds. The third kappa shape index (κ3) is 3.10. The zero-order valence-corrected chi connectivity index (χ0v) is 12.8. The third-order valence-corrected chi connectivity index (χ3v) is 4.36. The van der Waals surface area contributed by atoms with Crippen molar-refractivity contribution in [3.05, 3.63) is 48.4 Å². The first-order valence-electron chi connectivity index (χ1n) is 5.56. The summed E-state index contributed by atoms with van der Waals surface area (Å²) in [7, 11) is 0. The third-order valence-electron chi connectivity index (χ3n) is 2.77. The van der Waals surface area contributed by atoms with Gasteiger partial charge >= 0.3 is 0 Å². The summed E-state index contributed by atoms with van der Waals surface area (Å²) < 4.78 is 0.687. The molecule has 0 saturated heterocycles. The van der Waals surface area contributed by atoms with E-state index < -0.39 is 0 Å². The first-order chi connectivity index (χ1) is 8.99. The average molecular weight is 342 g/mol. The van der Waals surface area contributed by atoms with Crippen LogP contribution in [0.15, 0.2) is 22.1 Å². The van der Waals surface area contributed by atoms with E-state index in [1.807, 2.05) is 12.4 Å². The van der Waals surface area contributed by atoms with Gasteiger partial charge in [0.15, 0.2) is 0 Å². The zero-order chi connectivity index (χ0) is 14.0. The molecule has 0 atom stereocenters. The van der Waals surface area contributed by atoms with Gasteiger partial charge in [-0.05, 0) is 35.8 Å². The molecule has 5 nitrogen and oxygen atoms in total. The minimum atomic E-state index is -0.378. The molecule has 1 aromatic carbocycles. The van der Waals surface area contributed by atoms with E-state index in [9.17, 15) is 10.1 Å². The fourth-order valence-corrected chi connectivity index (χ4v) is 2.86. The van der Waals surface area contributed by atoms with Crippen molar-refractivity contribution in [1.82, 2.24) is 4.98 Å². The van der Waals surface area contributed by atoms with Gasteiger partial charge in [0, 0.05) is 26.7 Å². The minimum Gasteiger partial charge on any atom is -0.379 e. The smallest absolute Gasteiger partial charge is 0.273 e. The summed E-state index contributed by atoms with van der Waals surface area (Å²) in [5.74, 6) is 0. The first-order valence-corrected chi connectivity index (χ1v) is 7.23. The lowest BCUT2D eigenvalue weighted by molar-refractivity contribution is -0.385. The first kappa shape index (κ1) is 14.0. The average Bonchev–Trinajstić information content (AvgIpc) is 2.75. The van der Waals surface area contributed by atoms with Gasteiger partial charge in [0.25, 0.3) is 5.69 Å². The van der Waals surface area contributed by atoms with Crippen LogP contribution in [0.25, 0.3) is 0 Å². The van der Waals surface area contributed by atoms with Gasteiger partial charge in [-0.3, -0.25) is 10.1 Å². The molecule has 0 unspecified atom stereocenters. The van der Waals surface area contributed by atoms with Crippen molar-refractivity contribution in [3.63, 3.8) is 0 Å². The number of hydrogen-bond acceptors (Lipinski definition) is 5. The highest BCUT2D eigenvalue weighted by atomic mass is 79.9. The van der Waals surface area contributed by atoms with Gasteiger partial charge in [-0.1, -0.05) is 0 Å². The Morgan fingerprint density at radius 3 is 2.79 bits per heavy atom. The lowest BCUT2D eigenvalue weighted by atomic mass is 10.2. The van der Waals surface area contributed by atoms with Crippen LogP contribution in [0.3, 0.4) is 0 Å². The number of aromatic nitrogens is 1. The number of halogens is 1. The Bertz CT molecular complexity index is 627. The Morgan fingerprint density at radius 1 is 1.47 bits per heavy atom. The van der Waals surface area contributed by atoms with Crippen LogP contribution in [0.2, 0.25) is 0 Å². The molecule has 2 aromatic rings. The van der Waals surface area contributed by atoms with Crippen molar-refractivity contribution in [2.24, 2.45) is 0 Å². The van der Waals surface area contributed by atoms with Gasteiger partial charge in [-0.25, -0.2) is 4.98 Å². The highest BCUT2D eigenvalue weighted by molar-refractivity contribution is 9.10. The SMILES string of the molecule is Cc1cc(NCc2scnc2C)c(Br)cc1[N+](=O)[O-]. The van der Waals surface area contributed by atoms with Crippen LogP contribution >= 0.6 is 27.3 Å². The maximum atomic E-state index is 10.8. The predicted octanol–water partition coefficient (Wildman–Crippen LogP) is 4.04. The number of hydrogen-bond donors (Lipinski definition) is 1. The molecular formula is C12H12BrN3O2S. The Kier molecular flexibility index (Phi) is 4.16. The van der Waals surface area contributed by atoms with Gasteiger partial charge in [0.2, 0.25) is 0 Å². The van der Waals surface area contributed by atoms with Crippen LogP contribution in [0.1, 0.15) is 16.1 Å². The summed E-state index contributed by atoms with van der Waals surface area (Å²) in [6.07, 6.45) is 0. The summed E-state index contributed by atoms with van der Waals surface area (Å²) in [5.41, 5.74) is 4.41. The summed E-state index contributed by atoms with van der Waals surface area (Å²) in [4.78, 5) is 15.8. The quantitative estimate of drug-likeness (QED) is 0.672. The maximum absolute atomic E-state index is 10.8. The Balaban J connectivity index is 2.20. The van der Waals surface area contributed by atoms with E-state index in [1.54, 1.807) is 24.3 Å². The van der Waals surface area contributed by atoms with Crippen molar-refractivity contribution in [2.45, 2.75) is 20.4 Å². The lowest BCUT2D eigenvalue weighted by Gasteiger charge is -2.09. The van der Waals surface area contributed by atoms with Crippen molar-refractivity contribution in [2.75, 3.05) is 5.32 Å². The van der Waals surface area contributed by atoms with Gasteiger partial charge in [0.1, 0.15) is 0 Å². The number of aryl methyl sites for hydroxylation is 2. The van der Waals surface area contributed by atoms with Crippen LogP contribution in [0.4, 0.5) is 11.4 Å². The van der Waals surface area contributed by atoms with Crippen molar-refractivity contribution in [1.29, 1.82) is 0 Å². The van der Waals surface area contributed by atoms with Crippen LogP contribution in [0, 0.1) is 24.0 Å². The molecule has 7 heteroatoms. The van der Waals surface area contributed by atoms with E-state index in [2.05, 4.69) is 26.2 Å². The van der Waals surface area contributed by atoms with Crippen LogP contribution < -0.4 is 5.32 Å². The van der Waals surface area contributed by atoms with Gasteiger partial charge < -0.3 is 5.32 Å². The summed E-state index contributed by atoms with van der Waals surface area (Å²) in [6.45, 7) is 4.35. The van der Waals surface area contributed by atoms with Crippen molar-refractivity contribution >= 4 is 38.6 Å². The second-order valence-electron chi connectivity index (χ2n) is 4.09. The largest absolute Gasteiger partial charge is 0.379 e. The molecule has 0 aliphatic carbocycles. The van der Waals surface area contributed by atoms with Gasteiger partial charge in [-0.2, -0.15) is 0 Å². The van der Waals surface area contributed by atoms with Crippen LogP contribution in [-0.4, -0.2) is 9.91 Å². The number of thiazole rings is 1. The van der Waals surface area contributed by atoms with Crippen LogP contribution in [-0.2, 0) is 6.54 Å². The zero-order valence-electron chi connectivity index (χ0n) is 10.4. The van der Waals surface area contributed by atoms with E-state index in [-0.39, 0.29) is 10.6 Å². The number of nitro groups is 1. The molecule has 0 bridgehead atoms. The van der Waals surface area contributed by atoms with E-state index in [1.165, 1.54) is 6.07 Å². The molecule has 0 radical (unpaired) electrons. The summed E-state index contributed by atoms with van der Waals surface area (Å²) in [5, 5.41) is 14.1. The predicted molar refractivity (Wildman–Crippen MR) is 79.7 cm³/mol. The van der Waals surface area contributed by atoms with Crippen molar-refractivity contribution < 1.29 is 4.92 Å². The molecule has 1 heterocycles. The number of nitro benzene ring substituents is 1. The number of nitrogens with zero attached hydrogens (tertiary/aromatic N) is 2. The molecule has 1 N–H and O–H groups in total. The van der Waals surface area contributed by atoms with E-state index in [4.69, 9.17) is 0 Å². The number of anilines is 1. The monoisotopic (exact) mass is 341 g/mol. The van der Waals surface area contributed by atoms with Gasteiger partial charge in [0.05, 0.1) is 22.7 Å². The van der Waals surface area contributed by atoms with Crippen molar-refractivity contribution in [3.8, 4) is 0 Å². The van der Waals surface area contributed by atoms with Crippen LogP contribution in [0.5, 0.6) is 0 Å². The second-order valence-corrected chi connectivity index (χ2v) is 5.88. The molecular weight excluding hydrogens is 330 g/mol. The maximum Gasteiger partial charge on any atom is 0.273 e. The highest BCUT2D eigenvalue weighted by Gasteiger charge is 2.14. The minimum absolute atomic E-state index is 0.117.